The molecule has 2 fully saturated rings. The molecule has 0 spiro atoms. The maximum Gasteiger partial charge on any atom is 0.503 e. The zero-order valence-electron chi connectivity index (χ0n) is 10.9. The van der Waals surface area contributed by atoms with Crippen molar-refractivity contribution in [3.8, 4) is 0 Å². The van der Waals surface area contributed by atoms with Gasteiger partial charge in [-0.3, -0.25) is 0 Å². The second-order valence-electron chi connectivity index (χ2n) is 5.82. The molecule has 0 heterocycles. The lowest BCUT2D eigenvalue weighted by atomic mass is 10.0. The van der Waals surface area contributed by atoms with Crippen LogP contribution >= 0.6 is 0 Å². The summed E-state index contributed by atoms with van der Waals surface area (Å²) in [4.78, 5) is 8.56. The Bertz CT molecular complexity index is 278. The summed E-state index contributed by atoms with van der Waals surface area (Å²) in [6, 6.07) is 0. The first-order valence-electron chi connectivity index (χ1n) is 6.53. The molecule has 98 valence electrons. The van der Waals surface area contributed by atoms with E-state index in [1.54, 1.807) is 5.57 Å². The zero-order valence-corrected chi connectivity index (χ0v) is 10.9. The lowest BCUT2D eigenvalue weighted by molar-refractivity contribution is 0.137. The van der Waals surface area contributed by atoms with Crippen LogP contribution in [0.5, 0.6) is 0 Å². The molecule has 3 heteroatoms. The van der Waals surface area contributed by atoms with Crippen LogP contribution in [-0.4, -0.2) is 16.4 Å². The zero-order chi connectivity index (χ0) is 12.9. The van der Waals surface area contributed by atoms with Crippen LogP contribution in [0.3, 0.4) is 0 Å². The molecular weight excluding hydrogens is 216 g/mol. The van der Waals surface area contributed by atoms with E-state index in [9.17, 15) is 0 Å². The van der Waals surface area contributed by atoms with Crippen molar-refractivity contribution in [3.05, 3.63) is 11.6 Å². The fraction of sp³-hybridized carbons (Fsp3) is 0.786. The normalized spacial score (nSPS) is 26.2. The standard InChI is InChI=1S/C13H22.CH2O3/c1-13(2)10-12(13)9-11-7-5-3-4-6-8-11;2-1(3)4/h9,12H,3-8,10H2,1-2H3;(H2,2,3,4). The molecule has 17 heavy (non-hydrogen) atoms. The Labute approximate surface area is 104 Å². The highest BCUT2D eigenvalue weighted by molar-refractivity contribution is 5.53. The van der Waals surface area contributed by atoms with E-state index in [4.69, 9.17) is 15.0 Å². The molecule has 0 saturated heterocycles. The molecule has 0 radical (unpaired) electrons. The molecule has 0 aliphatic heterocycles. The monoisotopic (exact) mass is 240 g/mol. The van der Waals surface area contributed by atoms with Crippen LogP contribution < -0.4 is 0 Å². The van der Waals surface area contributed by atoms with Crippen molar-refractivity contribution >= 4 is 6.16 Å². The van der Waals surface area contributed by atoms with Crippen LogP contribution in [0.25, 0.3) is 0 Å². The van der Waals surface area contributed by atoms with Gasteiger partial charge in [0.25, 0.3) is 0 Å². The molecule has 3 nitrogen and oxygen atoms in total. The van der Waals surface area contributed by atoms with Crippen molar-refractivity contribution in [3.63, 3.8) is 0 Å². The highest BCUT2D eigenvalue weighted by Crippen LogP contribution is 2.53. The topological polar surface area (TPSA) is 57.5 Å². The summed E-state index contributed by atoms with van der Waals surface area (Å²) >= 11 is 0. The van der Waals surface area contributed by atoms with Crippen LogP contribution in [-0.2, 0) is 0 Å². The number of allylic oxidation sites excluding steroid dienone is 2. The Morgan fingerprint density at radius 1 is 1.18 bits per heavy atom. The van der Waals surface area contributed by atoms with Gasteiger partial charge in [-0.2, -0.15) is 0 Å². The average molecular weight is 240 g/mol. The molecule has 0 aromatic heterocycles. The Hall–Kier alpha value is -0.990. The van der Waals surface area contributed by atoms with Crippen molar-refractivity contribution in [2.24, 2.45) is 11.3 Å². The second kappa shape index (κ2) is 6.08. The molecule has 0 aromatic carbocycles. The molecule has 1 atom stereocenters. The third-order valence-electron chi connectivity index (χ3n) is 3.77. The summed E-state index contributed by atoms with van der Waals surface area (Å²) in [5, 5.41) is 13.9. The smallest absolute Gasteiger partial charge is 0.450 e. The highest BCUT2D eigenvalue weighted by atomic mass is 16.6. The minimum absolute atomic E-state index is 0.638. The summed E-state index contributed by atoms with van der Waals surface area (Å²) in [7, 11) is 0. The SMILES string of the molecule is CC1(C)CC1C=C1CCCCCC1.O=C(O)O. The van der Waals surface area contributed by atoms with Gasteiger partial charge in [-0.05, 0) is 43.4 Å². The van der Waals surface area contributed by atoms with Crippen molar-refractivity contribution in [1.29, 1.82) is 0 Å². The van der Waals surface area contributed by atoms with Crippen LogP contribution in [0.2, 0.25) is 0 Å². The van der Waals surface area contributed by atoms with E-state index in [-0.39, 0.29) is 0 Å². The fourth-order valence-electron chi connectivity index (χ4n) is 2.43. The van der Waals surface area contributed by atoms with Crippen molar-refractivity contribution in [2.45, 2.75) is 58.8 Å². The fourth-order valence-corrected chi connectivity index (χ4v) is 2.43. The Balaban J connectivity index is 0.000000317. The maximum atomic E-state index is 8.56. The van der Waals surface area contributed by atoms with Crippen LogP contribution in [0.4, 0.5) is 4.79 Å². The van der Waals surface area contributed by atoms with Gasteiger partial charge in [-0.15, -0.1) is 0 Å². The molecule has 0 aromatic rings. The average Bonchev–Trinajstić information content (AvgIpc) is 2.85. The van der Waals surface area contributed by atoms with E-state index in [0.717, 1.165) is 5.92 Å². The predicted molar refractivity (Wildman–Crippen MR) is 68.3 cm³/mol. The van der Waals surface area contributed by atoms with Crippen molar-refractivity contribution in [1.82, 2.24) is 0 Å². The summed E-state index contributed by atoms with van der Waals surface area (Å²) in [6.45, 7) is 4.79. The first kappa shape index (κ1) is 14.1. The number of rotatable bonds is 1. The van der Waals surface area contributed by atoms with E-state index >= 15 is 0 Å². The van der Waals surface area contributed by atoms with Gasteiger partial charge in [0.05, 0.1) is 0 Å². The molecule has 2 aliphatic carbocycles. The van der Waals surface area contributed by atoms with Gasteiger partial charge in [-0.25, -0.2) is 4.79 Å². The number of carboxylic acid groups (broad SMARTS) is 2. The molecule has 2 saturated carbocycles. The minimum Gasteiger partial charge on any atom is -0.450 e. The van der Waals surface area contributed by atoms with Crippen LogP contribution in [0, 0.1) is 11.3 Å². The lowest BCUT2D eigenvalue weighted by Gasteiger charge is -2.03. The quantitative estimate of drug-likeness (QED) is 0.522. The van der Waals surface area contributed by atoms with E-state index in [0.29, 0.717) is 5.41 Å². The van der Waals surface area contributed by atoms with E-state index < -0.39 is 6.16 Å². The highest BCUT2D eigenvalue weighted by Gasteiger charge is 2.43. The Morgan fingerprint density at radius 2 is 1.59 bits per heavy atom. The van der Waals surface area contributed by atoms with Gasteiger partial charge in [0.2, 0.25) is 0 Å². The number of hydrogen-bond donors (Lipinski definition) is 2. The van der Waals surface area contributed by atoms with Crippen molar-refractivity contribution in [2.75, 3.05) is 0 Å². The molecule has 2 rings (SSSR count). The summed E-state index contributed by atoms with van der Waals surface area (Å²) in [6.07, 6.45) is 10.8. The largest absolute Gasteiger partial charge is 0.503 e. The first-order chi connectivity index (χ1) is 7.92. The van der Waals surface area contributed by atoms with Gasteiger partial charge in [0, 0.05) is 0 Å². The molecule has 2 N–H and O–H groups in total. The molecule has 2 aliphatic rings. The summed E-state index contributed by atoms with van der Waals surface area (Å²) in [5.74, 6) is 0.917. The van der Waals surface area contributed by atoms with Gasteiger partial charge in [0.1, 0.15) is 0 Å². The third kappa shape index (κ3) is 5.76. The van der Waals surface area contributed by atoms with Gasteiger partial charge in [-0.1, -0.05) is 38.3 Å². The maximum absolute atomic E-state index is 8.56. The molecular formula is C14H24O3. The minimum atomic E-state index is -1.83. The van der Waals surface area contributed by atoms with Crippen LogP contribution in [0.15, 0.2) is 11.6 Å². The summed E-state index contributed by atoms with van der Waals surface area (Å²) in [5.41, 5.74) is 2.41. The van der Waals surface area contributed by atoms with E-state index in [1.165, 1.54) is 44.9 Å². The van der Waals surface area contributed by atoms with Gasteiger partial charge >= 0.3 is 6.16 Å². The number of hydrogen-bond acceptors (Lipinski definition) is 1. The molecule has 0 bridgehead atoms. The summed E-state index contributed by atoms with van der Waals surface area (Å²) < 4.78 is 0. The lowest BCUT2D eigenvalue weighted by Crippen LogP contribution is -1.89. The van der Waals surface area contributed by atoms with Crippen LogP contribution in [0.1, 0.15) is 58.8 Å². The van der Waals surface area contributed by atoms with Gasteiger partial charge in [0.15, 0.2) is 0 Å². The van der Waals surface area contributed by atoms with Gasteiger partial charge < -0.3 is 10.2 Å². The Morgan fingerprint density at radius 3 is 1.94 bits per heavy atom. The third-order valence-corrected chi connectivity index (χ3v) is 3.77. The van der Waals surface area contributed by atoms with E-state index in [2.05, 4.69) is 19.9 Å². The molecule has 0 amide bonds. The predicted octanol–water partition coefficient (Wildman–Crippen LogP) is 4.54. The van der Waals surface area contributed by atoms with Crippen molar-refractivity contribution < 1.29 is 15.0 Å². The van der Waals surface area contributed by atoms with E-state index in [1.807, 2.05) is 0 Å². The molecule has 1 unspecified atom stereocenters. The second-order valence-corrected chi connectivity index (χ2v) is 5.82. The first-order valence-corrected chi connectivity index (χ1v) is 6.53. The Kier molecular flexibility index (Phi) is 5.03. The number of carbonyl (C=O) groups is 1.